The van der Waals surface area contributed by atoms with Gasteiger partial charge in [-0.25, -0.2) is 14.4 Å². The van der Waals surface area contributed by atoms with E-state index in [0.717, 1.165) is 60.8 Å². The first kappa shape index (κ1) is 52.7. The first-order valence-corrected chi connectivity index (χ1v) is 23.9. The van der Waals surface area contributed by atoms with Crippen LogP contribution in [0.25, 0.3) is 0 Å². The van der Waals surface area contributed by atoms with Crippen LogP contribution < -0.4 is 0 Å². The first-order valence-electron chi connectivity index (χ1n) is 23.9. The minimum Gasteiger partial charge on any atom is -0.400 e. The largest absolute Gasteiger partial charge is 0.513 e. The molecule has 0 radical (unpaired) electrons. The molecule has 60 heavy (non-hydrogen) atoms. The molecule has 2 rings (SSSR count). The Kier molecular flexibility index (Phi) is 30.0. The van der Waals surface area contributed by atoms with Crippen LogP contribution in [0.3, 0.4) is 0 Å². The van der Waals surface area contributed by atoms with Crippen molar-refractivity contribution in [3.8, 4) is 0 Å². The van der Waals surface area contributed by atoms with Gasteiger partial charge in [0.15, 0.2) is 0 Å². The van der Waals surface area contributed by atoms with Crippen molar-refractivity contribution in [1.82, 2.24) is 0 Å². The first-order chi connectivity index (χ1) is 29.1. The van der Waals surface area contributed by atoms with Gasteiger partial charge in [-0.05, 0) is 64.8 Å². The van der Waals surface area contributed by atoms with Gasteiger partial charge in [0.05, 0.1) is 11.1 Å². The topological polar surface area (TPSA) is 107 Å². The van der Waals surface area contributed by atoms with E-state index < -0.39 is 30.7 Å². The van der Waals surface area contributed by atoms with Crippen LogP contribution in [0, 0.1) is 27.7 Å². The summed E-state index contributed by atoms with van der Waals surface area (Å²) in [6.07, 6.45) is 28.2. The molecule has 2 aromatic carbocycles. The summed E-state index contributed by atoms with van der Waals surface area (Å²) in [5, 5.41) is 0. The molecule has 2 unspecified atom stereocenters. The van der Waals surface area contributed by atoms with Crippen molar-refractivity contribution >= 4 is 18.1 Å². The quantitative estimate of drug-likeness (QED) is 0.0218. The highest BCUT2D eigenvalue weighted by Gasteiger charge is 2.25. The van der Waals surface area contributed by atoms with Crippen molar-refractivity contribution < 1.29 is 43.4 Å². The van der Waals surface area contributed by atoms with Crippen molar-refractivity contribution in [3.63, 3.8) is 0 Å². The molecule has 0 aliphatic rings. The van der Waals surface area contributed by atoms with Crippen LogP contribution in [-0.4, -0.2) is 30.7 Å². The highest BCUT2D eigenvalue weighted by molar-refractivity contribution is 5.90. The lowest BCUT2D eigenvalue weighted by Gasteiger charge is -2.20. The van der Waals surface area contributed by atoms with Crippen molar-refractivity contribution in [1.29, 1.82) is 0 Å². The number of carbonyl (C=O) groups is 3. The molecule has 0 fully saturated rings. The molecule has 2 atom stereocenters. The summed E-state index contributed by atoms with van der Waals surface area (Å²) in [7, 11) is 0. The van der Waals surface area contributed by atoms with E-state index in [1.165, 1.54) is 116 Å². The number of aryl methyl sites for hydroxylation is 4. The smallest absolute Gasteiger partial charge is 0.400 e. The Morgan fingerprint density at radius 2 is 0.633 bits per heavy atom. The summed E-state index contributed by atoms with van der Waals surface area (Å²) >= 11 is 0. The third-order valence-corrected chi connectivity index (χ3v) is 10.9. The molecule has 2 aromatic rings. The average molecular weight is 839 g/mol. The fourth-order valence-corrected chi connectivity index (χ4v) is 7.63. The van der Waals surface area contributed by atoms with Crippen LogP contribution in [0.15, 0.2) is 36.4 Å². The molecule has 0 aromatic heterocycles. The molecule has 0 saturated carbocycles. The zero-order chi connectivity index (χ0) is 43.6. The third-order valence-electron chi connectivity index (χ3n) is 10.9. The van der Waals surface area contributed by atoms with E-state index in [4.69, 9.17) is 29.0 Å². The van der Waals surface area contributed by atoms with E-state index in [2.05, 4.69) is 13.8 Å². The van der Waals surface area contributed by atoms with Gasteiger partial charge in [0.25, 0.3) is 0 Å². The van der Waals surface area contributed by atoms with Gasteiger partial charge in [0.2, 0.25) is 12.6 Å². The monoisotopic (exact) mass is 839 g/mol. The summed E-state index contributed by atoms with van der Waals surface area (Å²) in [6, 6.07) is 10.8. The zero-order valence-corrected chi connectivity index (χ0v) is 38.6. The molecule has 0 N–H and O–H groups in total. The molecule has 0 heterocycles. The Hall–Kier alpha value is -3.43. The fraction of sp³-hybridized carbons (Fsp3) is 0.706. The molecule has 9 nitrogen and oxygen atoms in total. The molecular formula is C51H82O9. The zero-order valence-electron chi connectivity index (χ0n) is 38.6. The highest BCUT2D eigenvalue weighted by atomic mass is 17.2. The maximum atomic E-state index is 13.3. The number of rotatable bonds is 36. The van der Waals surface area contributed by atoms with Crippen molar-refractivity contribution in [2.45, 2.75) is 234 Å². The van der Waals surface area contributed by atoms with E-state index in [1.807, 2.05) is 39.8 Å². The van der Waals surface area contributed by atoms with E-state index in [-0.39, 0.29) is 0 Å². The SMILES string of the molecule is CCCCCCCCCCCCCCCC(OOC(=O)c1cc(C)cc(C)c1)OC(=O)OC(CCCCCCCCCCCCCCC)OOC(=O)c1cc(C)cc(C)c1. The highest BCUT2D eigenvalue weighted by Crippen LogP contribution is 2.20. The lowest BCUT2D eigenvalue weighted by molar-refractivity contribution is -0.348. The molecule has 0 bridgehead atoms. The van der Waals surface area contributed by atoms with Crippen molar-refractivity contribution in [2.24, 2.45) is 0 Å². The maximum absolute atomic E-state index is 13.3. The molecule has 0 aliphatic heterocycles. The van der Waals surface area contributed by atoms with Gasteiger partial charge >= 0.3 is 18.1 Å². The van der Waals surface area contributed by atoms with Gasteiger partial charge in [-0.2, -0.15) is 0 Å². The van der Waals surface area contributed by atoms with Crippen LogP contribution in [-0.2, 0) is 29.0 Å². The molecule has 0 spiro atoms. The summed E-state index contributed by atoms with van der Waals surface area (Å²) in [6.45, 7) is 12.1. The fourth-order valence-electron chi connectivity index (χ4n) is 7.63. The lowest BCUT2D eigenvalue weighted by atomic mass is 10.0. The maximum Gasteiger partial charge on any atom is 0.513 e. The minimum absolute atomic E-state index is 0.305. The molecular weight excluding hydrogens is 757 g/mol. The predicted molar refractivity (Wildman–Crippen MR) is 241 cm³/mol. The van der Waals surface area contributed by atoms with Gasteiger partial charge in [-0.15, -0.1) is 9.78 Å². The Bertz CT molecular complexity index is 1290. The van der Waals surface area contributed by atoms with Gasteiger partial charge < -0.3 is 9.47 Å². The lowest BCUT2D eigenvalue weighted by Crippen LogP contribution is -2.28. The number of unbranched alkanes of at least 4 members (excludes halogenated alkanes) is 24. The van der Waals surface area contributed by atoms with Crippen LogP contribution in [0.4, 0.5) is 4.79 Å². The van der Waals surface area contributed by atoms with E-state index in [0.29, 0.717) is 36.8 Å². The molecule has 0 saturated heterocycles. The molecule has 0 amide bonds. The molecule has 340 valence electrons. The minimum atomic E-state index is -1.20. The van der Waals surface area contributed by atoms with Gasteiger partial charge in [-0.3, -0.25) is 9.78 Å². The van der Waals surface area contributed by atoms with Gasteiger partial charge in [0.1, 0.15) is 0 Å². The van der Waals surface area contributed by atoms with Gasteiger partial charge in [-0.1, -0.05) is 202 Å². The summed E-state index contributed by atoms with van der Waals surface area (Å²) in [4.78, 5) is 60.4. The van der Waals surface area contributed by atoms with Crippen LogP contribution >= 0.6 is 0 Å². The van der Waals surface area contributed by atoms with Crippen molar-refractivity contribution in [3.05, 3.63) is 69.8 Å². The summed E-state index contributed by atoms with van der Waals surface area (Å²) in [5.41, 5.74) is 4.34. The number of ether oxygens (including phenoxy) is 2. The Morgan fingerprint density at radius 1 is 0.383 bits per heavy atom. The van der Waals surface area contributed by atoms with Crippen LogP contribution in [0.1, 0.15) is 237 Å². The number of hydrogen-bond donors (Lipinski definition) is 0. The average Bonchev–Trinajstić information content (AvgIpc) is 3.21. The normalized spacial score (nSPS) is 12.2. The Balaban J connectivity index is 1.93. The second kappa shape index (κ2) is 34.2. The van der Waals surface area contributed by atoms with Crippen LogP contribution in [0.2, 0.25) is 0 Å². The second-order valence-electron chi connectivity index (χ2n) is 17.1. The van der Waals surface area contributed by atoms with Crippen LogP contribution in [0.5, 0.6) is 0 Å². The third kappa shape index (κ3) is 26.7. The van der Waals surface area contributed by atoms with E-state index >= 15 is 0 Å². The number of benzene rings is 2. The van der Waals surface area contributed by atoms with Crippen molar-refractivity contribution in [2.75, 3.05) is 0 Å². The number of hydrogen-bond acceptors (Lipinski definition) is 9. The van der Waals surface area contributed by atoms with Gasteiger partial charge in [0, 0.05) is 12.8 Å². The predicted octanol–water partition coefficient (Wildman–Crippen LogP) is 15.6. The Labute approximate surface area is 364 Å². The Morgan fingerprint density at radius 3 is 0.900 bits per heavy atom. The molecule has 9 heteroatoms. The second-order valence-corrected chi connectivity index (χ2v) is 17.1. The van der Waals surface area contributed by atoms with E-state index in [9.17, 15) is 14.4 Å². The summed E-state index contributed by atoms with van der Waals surface area (Å²) in [5.74, 6) is -1.37. The number of carbonyl (C=O) groups excluding carboxylic acids is 3. The molecule has 0 aliphatic carbocycles. The van der Waals surface area contributed by atoms with E-state index in [1.54, 1.807) is 24.3 Å². The standard InChI is InChI=1S/C51H82O9/c1-7-9-11-13-15-17-19-21-23-25-27-29-31-33-47(57-59-49(52)45-37-41(3)35-42(4)38-45)55-51(54)56-48(58-60-50(53)46-39-43(5)36-44(6)40-46)34-32-30-28-26-24-22-20-18-16-14-12-10-8-2/h35-40,47-48H,7-34H2,1-6H3. The summed E-state index contributed by atoms with van der Waals surface area (Å²) < 4.78 is 11.2.